The van der Waals surface area contributed by atoms with Crippen LogP contribution in [-0.4, -0.2) is 17.7 Å². The summed E-state index contributed by atoms with van der Waals surface area (Å²) < 4.78 is 0. The molecule has 0 spiro atoms. The van der Waals surface area contributed by atoms with Gasteiger partial charge in [-0.1, -0.05) is 41.4 Å². The van der Waals surface area contributed by atoms with Crippen molar-refractivity contribution >= 4 is 46.4 Å². The highest BCUT2D eigenvalue weighted by atomic mass is 35.5. The Hall–Kier alpha value is -3.90. The van der Waals surface area contributed by atoms with Crippen LogP contribution in [0, 0.1) is 27.7 Å². The Morgan fingerprint density at radius 3 is 2.18 bits per heavy atom. The van der Waals surface area contributed by atoms with Crippen molar-refractivity contribution in [1.82, 2.24) is 0 Å². The number of amides is 3. The summed E-state index contributed by atoms with van der Waals surface area (Å²) in [6.07, 6.45) is 0. The predicted molar refractivity (Wildman–Crippen MR) is 135 cm³/mol. The summed E-state index contributed by atoms with van der Waals surface area (Å²) >= 11 is 6.27. The Balaban J connectivity index is 1.56. The van der Waals surface area contributed by atoms with Gasteiger partial charge in [-0.2, -0.15) is 0 Å². The SMILES string of the molecule is Cc1cc(C)cc(NC(=O)c2cccc(NC3=C(Cl)C(=O)N(c4ccc(C)cc4C)C3=O)c2)c1. The van der Waals surface area contributed by atoms with Crippen LogP contribution in [0.1, 0.15) is 32.6 Å². The lowest BCUT2D eigenvalue weighted by atomic mass is 10.1. The number of nitrogens with one attached hydrogen (secondary N) is 2. The van der Waals surface area contributed by atoms with Crippen LogP contribution in [0.3, 0.4) is 0 Å². The number of benzene rings is 3. The zero-order chi connectivity index (χ0) is 24.6. The standard InChI is InChI=1S/C27H24ClN3O3/c1-15-8-9-22(18(4)11-15)31-26(33)23(28)24(27(31)34)29-20-7-5-6-19(14-20)25(32)30-21-12-16(2)10-17(3)13-21/h5-14,29H,1-4H3,(H,30,32). The molecule has 4 rings (SSSR count). The fraction of sp³-hybridized carbons (Fsp3) is 0.148. The fourth-order valence-corrected chi connectivity index (χ4v) is 4.23. The number of imide groups is 1. The molecule has 34 heavy (non-hydrogen) atoms. The van der Waals surface area contributed by atoms with Crippen molar-refractivity contribution in [3.8, 4) is 0 Å². The fourth-order valence-electron chi connectivity index (χ4n) is 4.02. The van der Waals surface area contributed by atoms with Crippen molar-refractivity contribution in [2.75, 3.05) is 15.5 Å². The van der Waals surface area contributed by atoms with E-state index in [2.05, 4.69) is 10.6 Å². The first-order chi connectivity index (χ1) is 16.1. The Labute approximate surface area is 203 Å². The second kappa shape index (κ2) is 9.15. The number of hydrogen-bond donors (Lipinski definition) is 2. The second-order valence-corrected chi connectivity index (χ2v) is 8.84. The van der Waals surface area contributed by atoms with Crippen molar-refractivity contribution in [2.45, 2.75) is 27.7 Å². The first-order valence-corrected chi connectivity index (χ1v) is 11.1. The summed E-state index contributed by atoms with van der Waals surface area (Å²) in [5.41, 5.74) is 5.91. The van der Waals surface area contributed by atoms with Gasteiger partial charge in [0.05, 0.1) is 5.69 Å². The van der Waals surface area contributed by atoms with Gasteiger partial charge in [0.15, 0.2) is 0 Å². The molecule has 0 saturated heterocycles. The first kappa shape index (κ1) is 23.3. The molecule has 6 nitrogen and oxygen atoms in total. The van der Waals surface area contributed by atoms with Crippen LogP contribution in [0.25, 0.3) is 0 Å². The van der Waals surface area contributed by atoms with Crippen LogP contribution in [0.4, 0.5) is 17.1 Å². The molecule has 0 radical (unpaired) electrons. The molecule has 0 aromatic heterocycles. The lowest BCUT2D eigenvalue weighted by Crippen LogP contribution is -2.32. The number of rotatable bonds is 5. The number of carbonyl (C=O) groups excluding carboxylic acids is 3. The molecule has 0 unspecified atom stereocenters. The van der Waals surface area contributed by atoms with Crippen LogP contribution in [0.15, 0.2) is 71.4 Å². The minimum atomic E-state index is -0.593. The van der Waals surface area contributed by atoms with Gasteiger partial charge < -0.3 is 10.6 Å². The zero-order valence-corrected chi connectivity index (χ0v) is 20.1. The van der Waals surface area contributed by atoms with Crippen LogP contribution in [0.2, 0.25) is 0 Å². The van der Waals surface area contributed by atoms with Gasteiger partial charge in [0.2, 0.25) is 0 Å². The molecular formula is C27H24ClN3O3. The normalized spacial score (nSPS) is 13.5. The molecule has 0 saturated carbocycles. The number of halogens is 1. The van der Waals surface area contributed by atoms with E-state index in [1.165, 1.54) is 0 Å². The Kier molecular flexibility index (Phi) is 6.26. The maximum atomic E-state index is 13.1. The highest BCUT2D eigenvalue weighted by Gasteiger charge is 2.39. The van der Waals surface area contributed by atoms with Gasteiger partial charge in [-0.3, -0.25) is 14.4 Å². The van der Waals surface area contributed by atoms with E-state index in [0.717, 1.165) is 27.2 Å². The summed E-state index contributed by atoms with van der Waals surface area (Å²) in [4.78, 5) is 39.8. The highest BCUT2D eigenvalue weighted by molar-refractivity contribution is 6.53. The number of carbonyl (C=O) groups is 3. The van der Waals surface area contributed by atoms with Crippen LogP contribution >= 0.6 is 11.6 Å². The topological polar surface area (TPSA) is 78.5 Å². The monoisotopic (exact) mass is 473 g/mol. The molecule has 2 N–H and O–H groups in total. The molecule has 3 aromatic carbocycles. The van der Waals surface area contributed by atoms with Gasteiger partial charge >= 0.3 is 0 Å². The zero-order valence-electron chi connectivity index (χ0n) is 19.3. The van der Waals surface area contributed by atoms with Crippen molar-refractivity contribution in [1.29, 1.82) is 0 Å². The maximum absolute atomic E-state index is 13.1. The molecule has 0 atom stereocenters. The number of hydrogen-bond acceptors (Lipinski definition) is 4. The van der Waals surface area contributed by atoms with E-state index < -0.39 is 11.8 Å². The van der Waals surface area contributed by atoms with E-state index in [1.807, 2.05) is 58.0 Å². The molecule has 1 heterocycles. The number of aryl methyl sites for hydroxylation is 4. The quantitative estimate of drug-likeness (QED) is 0.472. The van der Waals surface area contributed by atoms with Gasteiger partial charge in [-0.15, -0.1) is 0 Å². The molecule has 1 aliphatic heterocycles. The smallest absolute Gasteiger partial charge is 0.283 e. The lowest BCUT2D eigenvalue weighted by molar-refractivity contribution is -0.120. The highest BCUT2D eigenvalue weighted by Crippen LogP contribution is 2.32. The number of nitrogens with zero attached hydrogens (tertiary/aromatic N) is 1. The van der Waals surface area contributed by atoms with E-state index >= 15 is 0 Å². The Bertz CT molecular complexity index is 1360. The third-order valence-electron chi connectivity index (χ3n) is 5.49. The van der Waals surface area contributed by atoms with Crippen molar-refractivity contribution in [2.24, 2.45) is 0 Å². The van der Waals surface area contributed by atoms with Crippen molar-refractivity contribution in [3.63, 3.8) is 0 Å². The molecular weight excluding hydrogens is 450 g/mol. The molecule has 3 aromatic rings. The summed E-state index contributed by atoms with van der Waals surface area (Å²) in [5.74, 6) is -1.43. The molecule has 172 valence electrons. The third-order valence-corrected chi connectivity index (χ3v) is 5.84. The molecule has 3 amide bonds. The summed E-state index contributed by atoms with van der Waals surface area (Å²) in [5, 5.41) is 5.63. The summed E-state index contributed by atoms with van der Waals surface area (Å²) in [6, 6.07) is 17.9. The van der Waals surface area contributed by atoms with Crippen molar-refractivity contribution in [3.05, 3.63) is 99.2 Å². The minimum Gasteiger partial charge on any atom is -0.350 e. The van der Waals surface area contributed by atoms with Gasteiger partial charge in [-0.05, 0) is 80.8 Å². The second-order valence-electron chi connectivity index (χ2n) is 8.46. The van der Waals surface area contributed by atoms with Crippen LogP contribution < -0.4 is 15.5 Å². The average molecular weight is 474 g/mol. The summed E-state index contributed by atoms with van der Waals surface area (Å²) in [7, 11) is 0. The molecule has 0 fully saturated rings. The lowest BCUT2D eigenvalue weighted by Gasteiger charge is -2.18. The summed E-state index contributed by atoms with van der Waals surface area (Å²) in [6.45, 7) is 7.70. The average Bonchev–Trinajstić information content (AvgIpc) is 2.97. The molecule has 1 aliphatic rings. The van der Waals surface area contributed by atoms with E-state index in [0.29, 0.717) is 22.6 Å². The predicted octanol–water partition coefficient (Wildman–Crippen LogP) is 5.61. The van der Waals surface area contributed by atoms with E-state index in [4.69, 9.17) is 11.6 Å². The molecule has 0 aliphatic carbocycles. The number of anilines is 3. The Morgan fingerprint density at radius 1 is 0.794 bits per heavy atom. The Morgan fingerprint density at radius 2 is 1.50 bits per heavy atom. The van der Waals surface area contributed by atoms with Crippen molar-refractivity contribution < 1.29 is 14.4 Å². The van der Waals surface area contributed by atoms with Gasteiger partial charge in [0, 0.05) is 16.9 Å². The van der Waals surface area contributed by atoms with Crippen LogP contribution in [-0.2, 0) is 9.59 Å². The minimum absolute atomic E-state index is 0.0292. The largest absolute Gasteiger partial charge is 0.350 e. The van der Waals surface area contributed by atoms with E-state index in [1.54, 1.807) is 30.3 Å². The maximum Gasteiger partial charge on any atom is 0.283 e. The first-order valence-electron chi connectivity index (χ1n) is 10.8. The van der Waals surface area contributed by atoms with E-state index in [-0.39, 0.29) is 16.6 Å². The third kappa shape index (κ3) is 4.58. The van der Waals surface area contributed by atoms with Gasteiger partial charge in [0.25, 0.3) is 17.7 Å². The van der Waals surface area contributed by atoms with Gasteiger partial charge in [-0.25, -0.2) is 4.90 Å². The molecule has 7 heteroatoms. The van der Waals surface area contributed by atoms with Crippen LogP contribution in [0.5, 0.6) is 0 Å². The van der Waals surface area contributed by atoms with E-state index in [9.17, 15) is 14.4 Å². The van der Waals surface area contributed by atoms with Gasteiger partial charge in [0.1, 0.15) is 10.7 Å². The molecule has 0 bridgehead atoms.